The van der Waals surface area contributed by atoms with Gasteiger partial charge in [-0.25, -0.2) is 0 Å². The van der Waals surface area contributed by atoms with Gasteiger partial charge in [-0.15, -0.1) is 0 Å². The molecule has 2 rings (SSSR count). The predicted octanol–water partition coefficient (Wildman–Crippen LogP) is 3.34. The maximum Gasteiger partial charge on any atom is 0.201 e. The summed E-state index contributed by atoms with van der Waals surface area (Å²) in [7, 11) is 0. The van der Waals surface area contributed by atoms with Crippen LogP contribution in [0.1, 0.15) is 44.1 Å². The van der Waals surface area contributed by atoms with E-state index in [4.69, 9.17) is 0 Å². The maximum absolute atomic E-state index is 12.0. The zero-order chi connectivity index (χ0) is 12.8. The normalized spacial score (nSPS) is 16.4. The molecular formula is C16H20O2. The number of Topliss-reactive ketones (excluding diaryl/α,β-unsaturated/α-hetero) is 2. The summed E-state index contributed by atoms with van der Waals surface area (Å²) in [4.78, 5) is 23.8. The first-order valence-electron chi connectivity index (χ1n) is 6.88. The van der Waals surface area contributed by atoms with Gasteiger partial charge in [0, 0.05) is 12.3 Å². The topological polar surface area (TPSA) is 34.1 Å². The van der Waals surface area contributed by atoms with Crippen molar-refractivity contribution in [2.45, 2.75) is 44.9 Å². The van der Waals surface area contributed by atoms with Crippen molar-refractivity contribution >= 4 is 11.6 Å². The Morgan fingerprint density at radius 2 is 1.67 bits per heavy atom. The number of aryl methyl sites for hydroxylation is 1. The minimum absolute atomic E-state index is 0.0158. The number of benzene rings is 1. The van der Waals surface area contributed by atoms with E-state index in [9.17, 15) is 9.59 Å². The van der Waals surface area contributed by atoms with Gasteiger partial charge in [0.05, 0.1) is 0 Å². The number of hydrogen-bond donors (Lipinski definition) is 0. The Balaban J connectivity index is 1.82. The van der Waals surface area contributed by atoms with Crippen LogP contribution in [0.4, 0.5) is 0 Å². The molecule has 1 aliphatic rings. The van der Waals surface area contributed by atoms with Crippen LogP contribution in [0.5, 0.6) is 0 Å². The molecule has 0 aromatic heterocycles. The minimum atomic E-state index is -0.175. The highest BCUT2D eigenvalue weighted by Gasteiger charge is 2.25. The van der Waals surface area contributed by atoms with Crippen LogP contribution in [0.3, 0.4) is 0 Å². The Bertz CT molecular complexity index is 402. The molecule has 96 valence electrons. The lowest BCUT2D eigenvalue weighted by Crippen LogP contribution is -2.25. The lowest BCUT2D eigenvalue weighted by molar-refractivity contribution is -0.139. The molecule has 0 amide bonds. The number of carbonyl (C=O) groups excluding carboxylic acids is 2. The molecular weight excluding hydrogens is 224 g/mol. The molecule has 1 saturated carbocycles. The molecule has 18 heavy (non-hydrogen) atoms. The summed E-state index contributed by atoms with van der Waals surface area (Å²) in [5.41, 5.74) is 1.13. The van der Waals surface area contributed by atoms with E-state index in [1.807, 2.05) is 30.3 Å². The van der Waals surface area contributed by atoms with Gasteiger partial charge < -0.3 is 0 Å². The molecule has 0 unspecified atom stereocenters. The van der Waals surface area contributed by atoms with E-state index < -0.39 is 0 Å². The fourth-order valence-corrected chi connectivity index (χ4v) is 2.62. The van der Waals surface area contributed by atoms with Crippen LogP contribution in [0.15, 0.2) is 30.3 Å². The smallest absolute Gasteiger partial charge is 0.201 e. The van der Waals surface area contributed by atoms with Gasteiger partial charge >= 0.3 is 0 Å². The van der Waals surface area contributed by atoms with E-state index in [1.54, 1.807) is 0 Å². The standard InChI is InChI=1S/C16H20O2/c17-15(12-11-13-7-3-1-4-8-13)16(18)14-9-5-2-6-10-14/h1,3-4,7-8,14H,2,5-6,9-12H2. The van der Waals surface area contributed by atoms with Crippen molar-refractivity contribution in [2.75, 3.05) is 0 Å². The Morgan fingerprint density at radius 1 is 1.00 bits per heavy atom. The van der Waals surface area contributed by atoms with Gasteiger partial charge in [0.1, 0.15) is 0 Å². The average molecular weight is 244 g/mol. The molecule has 1 fully saturated rings. The van der Waals surface area contributed by atoms with Crippen molar-refractivity contribution < 1.29 is 9.59 Å². The number of carbonyl (C=O) groups is 2. The third-order valence-electron chi connectivity index (χ3n) is 3.73. The number of hydrogen-bond acceptors (Lipinski definition) is 2. The highest BCUT2D eigenvalue weighted by atomic mass is 16.2. The molecule has 0 radical (unpaired) electrons. The second-order valence-electron chi connectivity index (χ2n) is 5.11. The van der Waals surface area contributed by atoms with Gasteiger partial charge in [0.25, 0.3) is 0 Å². The van der Waals surface area contributed by atoms with Gasteiger partial charge in [-0.3, -0.25) is 9.59 Å². The molecule has 0 saturated heterocycles. The quantitative estimate of drug-likeness (QED) is 0.744. The number of rotatable bonds is 5. The summed E-state index contributed by atoms with van der Waals surface area (Å²) in [5.74, 6) is -0.279. The highest BCUT2D eigenvalue weighted by molar-refractivity contribution is 6.37. The molecule has 0 heterocycles. The minimum Gasteiger partial charge on any atom is -0.291 e. The van der Waals surface area contributed by atoms with Crippen LogP contribution in [-0.4, -0.2) is 11.6 Å². The van der Waals surface area contributed by atoms with Crippen molar-refractivity contribution in [1.82, 2.24) is 0 Å². The van der Waals surface area contributed by atoms with Gasteiger partial charge in [0.2, 0.25) is 5.78 Å². The molecule has 0 bridgehead atoms. The Hall–Kier alpha value is -1.44. The van der Waals surface area contributed by atoms with Crippen LogP contribution in [0.25, 0.3) is 0 Å². The van der Waals surface area contributed by atoms with Crippen molar-refractivity contribution in [3.63, 3.8) is 0 Å². The van der Waals surface area contributed by atoms with E-state index >= 15 is 0 Å². The molecule has 2 nitrogen and oxygen atoms in total. The first kappa shape index (κ1) is 13.0. The summed E-state index contributed by atoms with van der Waals surface area (Å²) in [6.07, 6.45) is 6.27. The fraction of sp³-hybridized carbons (Fsp3) is 0.500. The Kier molecular flexibility index (Phi) is 4.68. The fourth-order valence-electron chi connectivity index (χ4n) is 2.62. The maximum atomic E-state index is 12.0. The third kappa shape index (κ3) is 3.52. The summed E-state index contributed by atoms with van der Waals surface area (Å²) in [6, 6.07) is 9.88. The molecule has 2 heteroatoms. The Morgan fingerprint density at radius 3 is 2.33 bits per heavy atom. The lowest BCUT2D eigenvalue weighted by Gasteiger charge is -2.19. The zero-order valence-electron chi connectivity index (χ0n) is 10.7. The largest absolute Gasteiger partial charge is 0.291 e. The van der Waals surface area contributed by atoms with Crippen LogP contribution in [0.2, 0.25) is 0 Å². The molecule has 1 aliphatic carbocycles. The summed E-state index contributed by atoms with van der Waals surface area (Å²) >= 11 is 0. The van der Waals surface area contributed by atoms with Gasteiger partial charge in [-0.2, -0.15) is 0 Å². The van der Waals surface area contributed by atoms with Crippen LogP contribution < -0.4 is 0 Å². The number of ketones is 2. The SMILES string of the molecule is O=C(CCc1ccccc1)C(=O)C1CCCCC1. The first-order valence-corrected chi connectivity index (χ1v) is 6.88. The van der Waals surface area contributed by atoms with E-state index in [2.05, 4.69) is 0 Å². The second-order valence-corrected chi connectivity index (χ2v) is 5.11. The summed E-state index contributed by atoms with van der Waals surface area (Å²) < 4.78 is 0. The average Bonchev–Trinajstić information content (AvgIpc) is 2.46. The van der Waals surface area contributed by atoms with E-state index in [-0.39, 0.29) is 17.5 Å². The van der Waals surface area contributed by atoms with Gasteiger partial charge in [-0.05, 0) is 24.8 Å². The lowest BCUT2D eigenvalue weighted by atomic mass is 9.84. The van der Waals surface area contributed by atoms with Crippen molar-refractivity contribution in [3.8, 4) is 0 Å². The molecule has 1 aromatic rings. The molecule has 0 N–H and O–H groups in total. The monoisotopic (exact) mass is 244 g/mol. The molecule has 0 aliphatic heterocycles. The second kappa shape index (κ2) is 6.48. The van der Waals surface area contributed by atoms with Crippen LogP contribution in [-0.2, 0) is 16.0 Å². The van der Waals surface area contributed by atoms with Gasteiger partial charge in [-0.1, -0.05) is 49.6 Å². The van der Waals surface area contributed by atoms with Crippen molar-refractivity contribution in [2.24, 2.45) is 5.92 Å². The molecule has 0 spiro atoms. The van der Waals surface area contributed by atoms with E-state index in [0.717, 1.165) is 31.2 Å². The molecule has 1 aromatic carbocycles. The molecule has 0 atom stereocenters. The van der Waals surface area contributed by atoms with E-state index in [1.165, 1.54) is 6.42 Å². The van der Waals surface area contributed by atoms with E-state index in [0.29, 0.717) is 12.8 Å². The summed E-state index contributed by atoms with van der Waals surface area (Å²) in [6.45, 7) is 0. The Labute approximate surface area is 108 Å². The van der Waals surface area contributed by atoms with Gasteiger partial charge in [0.15, 0.2) is 5.78 Å². The summed E-state index contributed by atoms with van der Waals surface area (Å²) in [5, 5.41) is 0. The third-order valence-corrected chi connectivity index (χ3v) is 3.73. The van der Waals surface area contributed by atoms with Crippen molar-refractivity contribution in [1.29, 1.82) is 0 Å². The van der Waals surface area contributed by atoms with Crippen molar-refractivity contribution in [3.05, 3.63) is 35.9 Å². The van der Waals surface area contributed by atoms with Crippen LogP contribution >= 0.6 is 0 Å². The zero-order valence-corrected chi connectivity index (χ0v) is 10.7. The highest BCUT2D eigenvalue weighted by Crippen LogP contribution is 2.25. The predicted molar refractivity (Wildman–Crippen MR) is 71.4 cm³/mol. The van der Waals surface area contributed by atoms with Crippen LogP contribution in [0, 0.1) is 5.92 Å². The first-order chi connectivity index (χ1) is 8.77.